The Morgan fingerprint density at radius 2 is 1.57 bits per heavy atom. The first-order valence-electron chi connectivity index (χ1n) is 6.67. The number of carbonyl (C=O) groups excluding carboxylic acids is 1. The molecule has 2 nitrogen and oxygen atoms in total. The summed E-state index contributed by atoms with van der Waals surface area (Å²) in [6, 6.07) is 9.54. The van der Waals surface area contributed by atoms with Crippen LogP contribution in [0.15, 0.2) is 42.5 Å². The molecule has 0 aromatic heterocycles. The predicted octanol–water partition coefficient (Wildman–Crippen LogP) is 4.98. The van der Waals surface area contributed by atoms with Crippen LogP contribution in [0, 0.1) is 0 Å². The lowest BCUT2D eigenvalue weighted by Crippen LogP contribution is -2.26. The van der Waals surface area contributed by atoms with E-state index in [4.69, 9.17) is 23.2 Å². The van der Waals surface area contributed by atoms with Crippen molar-refractivity contribution in [3.8, 4) is 0 Å². The fraction of sp³-hybridized carbons (Fsp3) is 0.188. The standard InChI is InChI=1S/C16H12Cl2F3NO/c17-12-2-1-3-13(18)14(12)15(23)22-9-8-10-4-6-11(7-5-10)16(19,20)21/h1-7H,8-9H2,(H,22,23). The number of nitrogens with one attached hydrogen (secondary N) is 1. The first-order valence-corrected chi connectivity index (χ1v) is 7.43. The van der Waals surface area contributed by atoms with Gasteiger partial charge in [-0.15, -0.1) is 0 Å². The second kappa shape index (κ2) is 7.23. The summed E-state index contributed by atoms with van der Waals surface area (Å²) in [5, 5.41) is 3.12. The number of amides is 1. The molecule has 122 valence electrons. The number of carbonyl (C=O) groups is 1. The lowest BCUT2D eigenvalue weighted by Gasteiger charge is -2.09. The minimum absolute atomic E-state index is 0.184. The predicted molar refractivity (Wildman–Crippen MR) is 83.9 cm³/mol. The molecule has 1 N–H and O–H groups in total. The van der Waals surface area contributed by atoms with Gasteiger partial charge < -0.3 is 5.32 Å². The normalized spacial score (nSPS) is 11.3. The summed E-state index contributed by atoms with van der Waals surface area (Å²) in [7, 11) is 0. The molecule has 7 heteroatoms. The minimum atomic E-state index is -4.35. The number of benzene rings is 2. The lowest BCUT2D eigenvalue weighted by atomic mass is 10.1. The van der Waals surface area contributed by atoms with Gasteiger partial charge in [0.1, 0.15) is 0 Å². The Balaban J connectivity index is 1.93. The van der Waals surface area contributed by atoms with Crippen LogP contribution in [0.1, 0.15) is 21.5 Å². The van der Waals surface area contributed by atoms with Crippen LogP contribution in [0.25, 0.3) is 0 Å². The highest BCUT2D eigenvalue weighted by Gasteiger charge is 2.29. The Labute approximate surface area is 141 Å². The Hall–Kier alpha value is -1.72. The number of rotatable bonds is 4. The molecule has 2 rings (SSSR count). The van der Waals surface area contributed by atoms with E-state index in [1.165, 1.54) is 12.1 Å². The molecule has 0 saturated heterocycles. The zero-order valence-electron chi connectivity index (χ0n) is 11.8. The summed E-state index contributed by atoms with van der Waals surface area (Å²) in [6.45, 7) is 0.256. The van der Waals surface area contributed by atoms with Crippen molar-refractivity contribution in [3.63, 3.8) is 0 Å². The maximum absolute atomic E-state index is 12.5. The van der Waals surface area contributed by atoms with Crippen LogP contribution >= 0.6 is 23.2 Å². The summed E-state index contributed by atoms with van der Waals surface area (Å²) in [5.41, 5.74) is 0.167. The van der Waals surface area contributed by atoms with E-state index in [0.717, 1.165) is 12.1 Å². The highest BCUT2D eigenvalue weighted by molar-refractivity contribution is 6.39. The second-order valence-electron chi connectivity index (χ2n) is 4.80. The third-order valence-corrected chi connectivity index (χ3v) is 3.80. The smallest absolute Gasteiger partial charge is 0.352 e. The Morgan fingerprint density at radius 1 is 1.00 bits per heavy atom. The average Bonchev–Trinajstić information content (AvgIpc) is 2.46. The highest BCUT2D eigenvalue weighted by atomic mass is 35.5. The van der Waals surface area contributed by atoms with Crippen LogP contribution in [0.2, 0.25) is 10.0 Å². The van der Waals surface area contributed by atoms with Crippen molar-refractivity contribution in [1.82, 2.24) is 5.32 Å². The van der Waals surface area contributed by atoms with Gasteiger partial charge in [-0.05, 0) is 36.2 Å². The number of hydrogen-bond donors (Lipinski definition) is 1. The maximum atomic E-state index is 12.5. The topological polar surface area (TPSA) is 29.1 Å². The third kappa shape index (κ3) is 4.62. The minimum Gasteiger partial charge on any atom is -0.352 e. The third-order valence-electron chi connectivity index (χ3n) is 3.17. The van der Waals surface area contributed by atoms with Crippen molar-refractivity contribution in [2.75, 3.05) is 6.54 Å². The van der Waals surface area contributed by atoms with Crippen LogP contribution in [0.4, 0.5) is 13.2 Å². The van der Waals surface area contributed by atoms with Gasteiger partial charge in [0.05, 0.1) is 21.2 Å². The SMILES string of the molecule is O=C(NCCc1ccc(C(F)(F)F)cc1)c1c(Cl)cccc1Cl. The monoisotopic (exact) mass is 361 g/mol. The lowest BCUT2D eigenvalue weighted by molar-refractivity contribution is -0.137. The molecular weight excluding hydrogens is 350 g/mol. The maximum Gasteiger partial charge on any atom is 0.416 e. The van der Waals surface area contributed by atoms with Gasteiger partial charge in [-0.25, -0.2) is 0 Å². The van der Waals surface area contributed by atoms with Crippen LogP contribution in [-0.4, -0.2) is 12.5 Å². The first kappa shape index (κ1) is 17.6. The van der Waals surface area contributed by atoms with Crippen molar-refractivity contribution in [3.05, 3.63) is 69.2 Å². The molecular formula is C16H12Cl2F3NO. The van der Waals surface area contributed by atoms with Gasteiger partial charge >= 0.3 is 6.18 Å². The van der Waals surface area contributed by atoms with E-state index in [2.05, 4.69) is 5.32 Å². The van der Waals surface area contributed by atoms with E-state index in [0.29, 0.717) is 12.0 Å². The van der Waals surface area contributed by atoms with Gasteiger partial charge in [-0.2, -0.15) is 13.2 Å². The molecule has 2 aromatic rings. The van der Waals surface area contributed by atoms with Crippen molar-refractivity contribution >= 4 is 29.1 Å². The summed E-state index contributed by atoms with van der Waals surface area (Å²) >= 11 is 11.9. The molecule has 23 heavy (non-hydrogen) atoms. The van der Waals surface area contributed by atoms with Crippen molar-refractivity contribution < 1.29 is 18.0 Å². The van der Waals surface area contributed by atoms with E-state index in [1.807, 2.05) is 0 Å². The summed E-state index contributed by atoms with van der Waals surface area (Å²) in [6.07, 6.45) is -3.96. The Morgan fingerprint density at radius 3 is 2.09 bits per heavy atom. The zero-order valence-corrected chi connectivity index (χ0v) is 13.3. The largest absolute Gasteiger partial charge is 0.416 e. The Bertz CT molecular complexity index is 679. The van der Waals surface area contributed by atoms with Crippen molar-refractivity contribution in [2.24, 2.45) is 0 Å². The van der Waals surface area contributed by atoms with E-state index in [-0.39, 0.29) is 22.2 Å². The molecule has 0 fully saturated rings. The van der Waals surface area contributed by atoms with Gasteiger partial charge in [0.25, 0.3) is 5.91 Å². The quantitative estimate of drug-likeness (QED) is 0.816. The summed E-state index contributed by atoms with van der Waals surface area (Å²) in [5.74, 6) is -0.424. The van der Waals surface area contributed by atoms with Crippen LogP contribution in [0.5, 0.6) is 0 Å². The van der Waals surface area contributed by atoms with Gasteiger partial charge in [-0.3, -0.25) is 4.79 Å². The van der Waals surface area contributed by atoms with Crippen LogP contribution < -0.4 is 5.32 Å². The summed E-state index contributed by atoms with van der Waals surface area (Å²) in [4.78, 5) is 12.0. The second-order valence-corrected chi connectivity index (χ2v) is 5.61. The molecule has 0 heterocycles. The number of halogens is 5. The van der Waals surface area contributed by atoms with E-state index in [9.17, 15) is 18.0 Å². The highest BCUT2D eigenvalue weighted by Crippen LogP contribution is 2.29. The molecule has 0 bridgehead atoms. The molecule has 0 aliphatic rings. The van der Waals surface area contributed by atoms with Gasteiger partial charge in [0.2, 0.25) is 0 Å². The molecule has 0 radical (unpaired) electrons. The molecule has 0 unspecified atom stereocenters. The van der Waals surface area contributed by atoms with Crippen molar-refractivity contribution in [2.45, 2.75) is 12.6 Å². The molecule has 0 spiro atoms. The van der Waals surface area contributed by atoms with E-state index >= 15 is 0 Å². The van der Waals surface area contributed by atoms with Crippen LogP contribution in [0.3, 0.4) is 0 Å². The van der Waals surface area contributed by atoms with Crippen molar-refractivity contribution in [1.29, 1.82) is 0 Å². The molecule has 0 aliphatic carbocycles. The fourth-order valence-electron chi connectivity index (χ4n) is 1.98. The molecule has 0 aliphatic heterocycles. The van der Waals surface area contributed by atoms with Gasteiger partial charge in [0.15, 0.2) is 0 Å². The fourth-order valence-corrected chi connectivity index (χ4v) is 2.55. The molecule has 2 aromatic carbocycles. The molecule has 0 saturated carbocycles. The zero-order chi connectivity index (χ0) is 17.0. The first-order chi connectivity index (χ1) is 10.8. The number of alkyl halides is 3. The van der Waals surface area contributed by atoms with E-state index in [1.54, 1.807) is 18.2 Å². The van der Waals surface area contributed by atoms with E-state index < -0.39 is 17.6 Å². The summed E-state index contributed by atoms with van der Waals surface area (Å²) < 4.78 is 37.4. The van der Waals surface area contributed by atoms with Crippen LogP contribution in [-0.2, 0) is 12.6 Å². The Kier molecular flexibility index (Phi) is 5.55. The molecule has 1 amide bonds. The molecule has 0 atom stereocenters. The average molecular weight is 362 g/mol. The number of hydrogen-bond acceptors (Lipinski definition) is 1. The van der Waals surface area contributed by atoms with Gasteiger partial charge in [0, 0.05) is 6.54 Å². The van der Waals surface area contributed by atoms with Gasteiger partial charge in [-0.1, -0.05) is 41.4 Å².